The molecule has 30 heavy (non-hydrogen) atoms. The van der Waals surface area contributed by atoms with E-state index in [9.17, 15) is 4.79 Å². The first-order chi connectivity index (χ1) is 14.2. The van der Waals surface area contributed by atoms with Crippen molar-refractivity contribution in [3.8, 4) is 11.3 Å². The summed E-state index contributed by atoms with van der Waals surface area (Å²) in [5.74, 6) is 2.06. The van der Waals surface area contributed by atoms with Gasteiger partial charge in [-0.15, -0.1) is 0 Å². The van der Waals surface area contributed by atoms with Crippen LogP contribution in [0.15, 0.2) is 40.3 Å². The Hall–Kier alpha value is -2.95. The quantitative estimate of drug-likeness (QED) is 0.270. The number of benzene rings is 1. The second kappa shape index (κ2) is 8.82. The lowest BCUT2D eigenvalue weighted by Gasteiger charge is -2.20. The number of oxime groups is 1. The molecule has 0 spiro atoms. The van der Waals surface area contributed by atoms with Crippen molar-refractivity contribution < 1.29 is 9.63 Å². The van der Waals surface area contributed by atoms with E-state index in [-0.39, 0.29) is 0 Å². The standard InChI is InChI=1S/C25H31N3O2/c1-14(2)25(30-28-15(3)4)21-10-16(5)17(6)22-9-8-19(11-20(22)12-21)24-18(7)26-23(13-29)27-24/h8-9,11-13,16-17H,10H2,1-7H3,(H,26,27)/t16?,17-/m0/s1. The number of allylic oxidation sites excluding steroid dienone is 2. The molecule has 1 aromatic carbocycles. The second-order valence-corrected chi connectivity index (χ2v) is 8.66. The summed E-state index contributed by atoms with van der Waals surface area (Å²) >= 11 is 0. The molecule has 1 aliphatic carbocycles. The Bertz CT molecular complexity index is 1050. The summed E-state index contributed by atoms with van der Waals surface area (Å²) in [5, 5.41) is 4.21. The number of aryl methyl sites for hydroxylation is 1. The van der Waals surface area contributed by atoms with Gasteiger partial charge in [-0.05, 0) is 87.3 Å². The molecule has 0 bridgehead atoms. The van der Waals surface area contributed by atoms with Crippen molar-refractivity contribution in [2.45, 2.75) is 60.8 Å². The van der Waals surface area contributed by atoms with Gasteiger partial charge in [0.2, 0.25) is 0 Å². The summed E-state index contributed by atoms with van der Waals surface area (Å²) in [6, 6.07) is 6.46. The molecule has 5 nitrogen and oxygen atoms in total. The molecule has 1 aromatic heterocycles. The van der Waals surface area contributed by atoms with E-state index in [1.807, 2.05) is 20.8 Å². The van der Waals surface area contributed by atoms with Gasteiger partial charge in [-0.25, -0.2) is 4.98 Å². The molecule has 0 fully saturated rings. The van der Waals surface area contributed by atoms with Crippen LogP contribution in [-0.2, 0) is 4.84 Å². The number of nitrogens with zero attached hydrogens (tertiary/aromatic N) is 2. The van der Waals surface area contributed by atoms with E-state index < -0.39 is 0 Å². The van der Waals surface area contributed by atoms with Gasteiger partial charge in [0.15, 0.2) is 17.9 Å². The average Bonchev–Trinajstić information content (AvgIpc) is 3.02. The second-order valence-electron chi connectivity index (χ2n) is 8.66. The van der Waals surface area contributed by atoms with Gasteiger partial charge in [0.1, 0.15) is 0 Å². The lowest BCUT2D eigenvalue weighted by atomic mass is 9.85. The molecule has 0 radical (unpaired) electrons. The smallest absolute Gasteiger partial charge is 0.185 e. The molecule has 0 aliphatic heterocycles. The van der Waals surface area contributed by atoms with Crippen molar-refractivity contribution in [3.05, 3.63) is 57.7 Å². The van der Waals surface area contributed by atoms with E-state index in [0.29, 0.717) is 17.7 Å². The monoisotopic (exact) mass is 405 g/mol. The van der Waals surface area contributed by atoms with Crippen LogP contribution in [0.2, 0.25) is 0 Å². The molecule has 5 heteroatoms. The van der Waals surface area contributed by atoms with Crippen molar-refractivity contribution >= 4 is 18.1 Å². The van der Waals surface area contributed by atoms with Crippen LogP contribution < -0.4 is 0 Å². The fourth-order valence-electron chi connectivity index (χ4n) is 3.93. The summed E-state index contributed by atoms with van der Waals surface area (Å²) in [6.07, 6.45) is 3.89. The Morgan fingerprint density at radius 1 is 1.23 bits per heavy atom. The van der Waals surface area contributed by atoms with Gasteiger partial charge in [-0.2, -0.15) is 0 Å². The topological polar surface area (TPSA) is 67.3 Å². The van der Waals surface area contributed by atoms with Gasteiger partial charge in [0.25, 0.3) is 0 Å². The Morgan fingerprint density at radius 3 is 2.57 bits per heavy atom. The Morgan fingerprint density at radius 2 is 1.97 bits per heavy atom. The molecule has 2 atom stereocenters. The molecule has 0 saturated heterocycles. The molecule has 3 rings (SSSR count). The van der Waals surface area contributed by atoms with Crippen LogP contribution in [0.3, 0.4) is 0 Å². The Balaban J connectivity index is 2.14. The number of rotatable bonds is 5. The number of aromatic nitrogens is 2. The molecular formula is C25H31N3O2. The maximum absolute atomic E-state index is 11.1. The maximum atomic E-state index is 11.1. The molecular weight excluding hydrogens is 374 g/mol. The number of hydrogen-bond acceptors (Lipinski definition) is 4. The van der Waals surface area contributed by atoms with Crippen LogP contribution in [-0.4, -0.2) is 22.0 Å². The summed E-state index contributed by atoms with van der Waals surface area (Å²) in [6.45, 7) is 14.5. The van der Waals surface area contributed by atoms with Crippen LogP contribution in [0.25, 0.3) is 17.3 Å². The van der Waals surface area contributed by atoms with E-state index in [1.54, 1.807) is 0 Å². The van der Waals surface area contributed by atoms with Gasteiger partial charge in [-0.3, -0.25) is 4.79 Å². The normalized spacial score (nSPS) is 18.0. The minimum Gasteiger partial charge on any atom is -0.357 e. The van der Waals surface area contributed by atoms with Gasteiger partial charge >= 0.3 is 0 Å². The number of aldehydes is 1. The van der Waals surface area contributed by atoms with Crippen LogP contribution in [0.5, 0.6) is 0 Å². The summed E-state index contributed by atoms with van der Waals surface area (Å²) in [4.78, 5) is 24.4. The van der Waals surface area contributed by atoms with Crippen LogP contribution >= 0.6 is 0 Å². The highest BCUT2D eigenvalue weighted by molar-refractivity contribution is 5.78. The minimum absolute atomic E-state index is 0.351. The van der Waals surface area contributed by atoms with Crippen molar-refractivity contribution in [2.24, 2.45) is 11.1 Å². The molecule has 2 aromatic rings. The zero-order valence-electron chi connectivity index (χ0n) is 19.0. The van der Waals surface area contributed by atoms with Crippen LogP contribution in [0.4, 0.5) is 0 Å². The first-order valence-electron chi connectivity index (χ1n) is 10.4. The third-order valence-corrected chi connectivity index (χ3v) is 5.66. The molecule has 0 saturated carbocycles. The third-order valence-electron chi connectivity index (χ3n) is 5.66. The fraction of sp³-hybridized carbons (Fsp3) is 0.400. The SMILES string of the molecule is CC(C)=NOC(C1=Cc2cc(-c3nc(C=O)[nH]c3C)ccc2[C@@H](C)C(C)C1)=C(C)C. The highest BCUT2D eigenvalue weighted by Crippen LogP contribution is 2.40. The molecule has 158 valence electrons. The zero-order chi connectivity index (χ0) is 22.0. The Labute approximate surface area is 178 Å². The van der Waals surface area contributed by atoms with Crippen LogP contribution in [0, 0.1) is 12.8 Å². The van der Waals surface area contributed by atoms with Crippen molar-refractivity contribution in [1.82, 2.24) is 9.97 Å². The number of nitrogens with one attached hydrogen (secondary N) is 1. The molecule has 1 N–H and O–H groups in total. The molecule has 1 aliphatic rings. The minimum atomic E-state index is 0.351. The van der Waals surface area contributed by atoms with E-state index in [0.717, 1.165) is 57.8 Å². The van der Waals surface area contributed by atoms with Crippen molar-refractivity contribution in [1.29, 1.82) is 0 Å². The predicted octanol–water partition coefficient (Wildman–Crippen LogP) is 6.43. The van der Waals surface area contributed by atoms with Gasteiger partial charge in [0, 0.05) is 11.3 Å². The Kier molecular flexibility index (Phi) is 6.40. The van der Waals surface area contributed by atoms with Crippen molar-refractivity contribution in [3.63, 3.8) is 0 Å². The lowest BCUT2D eigenvalue weighted by molar-refractivity contribution is 0.111. The zero-order valence-corrected chi connectivity index (χ0v) is 19.0. The summed E-state index contributed by atoms with van der Waals surface area (Å²) in [7, 11) is 0. The number of hydrogen-bond donors (Lipinski definition) is 1. The van der Waals surface area contributed by atoms with Crippen molar-refractivity contribution in [2.75, 3.05) is 0 Å². The molecule has 0 amide bonds. The highest BCUT2D eigenvalue weighted by Gasteiger charge is 2.25. The lowest BCUT2D eigenvalue weighted by Crippen LogP contribution is -2.07. The highest BCUT2D eigenvalue weighted by atomic mass is 16.6. The largest absolute Gasteiger partial charge is 0.357 e. The van der Waals surface area contributed by atoms with Gasteiger partial charge in [-0.1, -0.05) is 31.1 Å². The first-order valence-corrected chi connectivity index (χ1v) is 10.4. The van der Waals surface area contributed by atoms with Crippen LogP contribution in [0.1, 0.15) is 81.3 Å². The number of aromatic amines is 1. The van der Waals surface area contributed by atoms with E-state index in [4.69, 9.17) is 4.84 Å². The third kappa shape index (κ3) is 4.45. The van der Waals surface area contributed by atoms with Gasteiger partial charge < -0.3 is 9.82 Å². The average molecular weight is 406 g/mol. The maximum Gasteiger partial charge on any atom is 0.185 e. The van der Waals surface area contributed by atoms with E-state index in [2.05, 4.69) is 67.1 Å². The number of fused-ring (bicyclic) bond motifs is 1. The number of H-pyrrole nitrogens is 1. The predicted molar refractivity (Wildman–Crippen MR) is 123 cm³/mol. The number of carbonyl (C=O) groups is 1. The number of imidazole rings is 1. The summed E-state index contributed by atoms with van der Waals surface area (Å²) < 4.78 is 0. The summed E-state index contributed by atoms with van der Waals surface area (Å²) in [5.41, 5.74) is 8.30. The first kappa shape index (κ1) is 21.8. The van der Waals surface area contributed by atoms with Gasteiger partial charge in [0.05, 0.1) is 11.4 Å². The van der Waals surface area contributed by atoms with E-state index >= 15 is 0 Å². The fourth-order valence-corrected chi connectivity index (χ4v) is 3.93. The van der Waals surface area contributed by atoms with E-state index in [1.165, 1.54) is 5.56 Å². The molecule has 1 unspecified atom stereocenters. The molecule has 1 heterocycles. The number of carbonyl (C=O) groups excluding carboxylic acids is 1.